The molecule has 7 nitrogen and oxygen atoms in total. The highest BCUT2D eigenvalue weighted by Crippen LogP contribution is 2.33. The highest BCUT2D eigenvalue weighted by atomic mass is 35.5. The number of hydrogen-bond acceptors (Lipinski definition) is 6. The molecular formula is C34H41ClN4O3S. The van der Waals surface area contributed by atoms with Crippen LogP contribution in [0.2, 0.25) is 5.02 Å². The topological polar surface area (TPSA) is 111 Å². The van der Waals surface area contributed by atoms with Gasteiger partial charge in [0, 0.05) is 23.2 Å². The second-order valence-electron chi connectivity index (χ2n) is 11.3. The van der Waals surface area contributed by atoms with Crippen molar-refractivity contribution in [1.82, 2.24) is 13.9 Å². The van der Waals surface area contributed by atoms with E-state index in [1.165, 1.54) is 11.0 Å². The van der Waals surface area contributed by atoms with Crippen LogP contribution in [0.4, 0.5) is 0 Å². The zero-order valence-corrected chi connectivity index (χ0v) is 27.4. The van der Waals surface area contributed by atoms with Crippen molar-refractivity contribution in [2.75, 3.05) is 7.05 Å². The molecule has 0 amide bonds. The fourth-order valence-corrected chi connectivity index (χ4v) is 5.98. The predicted molar refractivity (Wildman–Crippen MR) is 177 cm³/mol. The van der Waals surface area contributed by atoms with Gasteiger partial charge in [-0.2, -0.15) is 0 Å². The zero-order valence-electron chi connectivity index (χ0n) is 25.8. The fourth-order valence-electron chi connectivity index (χ4n) is 4.30. The number of nitrogens with two attached hydrogens (primary N) is 1. The second kappa shape index (κ2) is 14.3. The molecule has 3 N–H and O–H groups in total. The number of aryl methyl sites for hydroxylation is 1. The molecule has 0 aliphatic rings. The molecule has 2 aromatic heterocycles. The molecule has 9 heteroatoms. The largest absolute Gasteiger partial charge is 0.386 e. The Hall–Kier alpha value is -3.56. The van der Waals surface area contributed by atoms with E-state index in [0.29, 0.717) is 38.7 Å². The standard InChI is InChI=1S/C29H26ClN3O3S.C4H10.CH5N/c1-19-11-13-22(14-12-19)37(35,36)33-26-10-6-8-23(25-18-21(15-16-31-25)29(2,3)34)28(26)32-27(33)17-20-7-4-5-9-24(20)30;1-4(2)3;1-2/h4-16,18,34H,17H2,1-3H3;4H,1-3H3;2H2,1H3. The highest BCUT2D eigenvalue weighted by Gasteiger charge is 2.27. The highest BCUT2D eigenvalue weighted by molar-refractivity contribution is 7.90. The summed E-state index contributed by atoms with van der Waals surface area (Å²) in [6.07, 6.45) is 1.85. The van der Waals surface area contributed by atoms with Crippen molar-refractivity contribution in [3.8, 4) is 11.3 Å². The third-order valence-corrected chi connectivity index (χ3v) is 8.44. The quantitative estimate of drug-likeness (QED) is 0.205. The lowest BCUT2D eigenvalue weighted by molar-refractivity contribution is 0.0785. The maximum atomic E-state index is 14.0. The van der Waals surface area contributed by atoms with Crippen molar-refractivity contribution in [2.45, 2.75) is 58.5 Å². The number of pyridine rings is 1. The Morgan fingerprint density at radius 3 is 2.19 bits per heavy atom. The summed E-state index contributed by atoms with van der Waals surface area (Å²) in [6.45, 7) is 11.8. The number of imidazole rings is 1. The summed E-state index contributed by atoms with van der Waals surface area (Å²) >= 11 is 6.44. The molecule has 0 radical (unpaired) electrons. The zero-order chi connectivity index (χ0) is 31.9. The Bertz CT molecular complexity index is 1770. The number of halogens is 1. The smallest absolute Gasteiger partial charge is 0.269 e. The summed E-state index contributed by atoms with van der Waals surface area (Å²) in [5.41, 5.74) is 8.06. The van der Waals surface area contributed by atoms with Gasteiger partial charge in [-0.15, -0.1) is 0 Å². The summed E-state index contributed by atoms with van der Waals surface area (Å²) in [7, 11) is -2.48. The summed E-state index contributed by atoms with van der Waals surface area (Å²) < 4.78 is 29.3. The Morgan fingerprint density at radius 1 is 0.953 bits per heavy atom. The third kappa shape index (κ3) is 8.09. The van der Waals surface area contributed by atoms with E-state index < -0.39 is 15.6 Å². The molecule has 0 aliphatic carbocycles. The van der Waals surface area contributed by atoms with E-state index >= 15 is 0 Å². The Morgan fingerprint density at radius 2 is 1.58 bits per heavy atom. The first-order valence-electron chi connectivity index (χ1n) is 14.1. The number of aliphatic hydroxyl groups is 1. The lowest BCUT2D eigenvalue weighted by Gasteiger charge is -2.18. The molecule has 3 aromatic carbocycles. The molecule has 0 fully saturated rings. The van der Waals surface area contributed by atoms with E-state index in [1.54, 1.807) is 74.6 Å². The van der Waals surface area contributed by atoms with Crippen LogP contribution in [-0.2, 0) is 22.0 Å². The minimum absolute atomic E-state index is 0.172. The van der Waals surface area contributed by atoms with Crippen LogP contribution >= 0.6 is 11.6 Å². The van der Waals surface area contributed by atoms with Gasteiger partial charge in [0.1, 0.15) is 5.82 Å². The van der Waals surface area contributed by atoms with Gasteiger partial charge < -0.3 is 10.8 Å². The van der Waals surface area contributed by atoms with Gasteiger partial charge in [0.25, 0.3) is 10.0 Å². The molecule has 0 saturated carbocycles. The first-order chi connectivity index (χ1) is 20.3. The van der Waals surface area contributed by atoms with Gasteiger partial charge in [0.15, 0.2) is 0 Å². The lowest BCUT2D eigenvalue weighted by Crippen LogP contribution is -2.16. The molecule has 0 atom stereocenters. The van der Waals surface area contributed by atoms with Crippen molar-refractivity contribution >= 4 is 32.7 Å². The van der Waals surface area contributed by atoms with Gasteiger partial charge in [-0.25, -0.2) is 17.4 Å². The minimum atomic E-state index is -3.98. The Labute approximate surface area is 260 Å². The van der Waals surface area contributed by atoms with Crippen LogP contribution in [0, 0.1) is 12.8 Å². The Balaban J connectivity index is 0.000000780. The number of aromatic nitrogens is 3. The van der Waals surface area contributed by atoms with Crippen LogP contribution in [0.1, 0.15) is 57.1 Å². The third-order valence-electron chi connectivity index (χ3n) is 6.32. The summed E-state index contributed by atoms with van der Waals surface area (Å²) in [6, 6.07) is 23.0. The van der Waals surface area contributed by atoms with Crippen molar-refractivity contribution in [2.24, 2.45) is 11.7 Å². The van der Waals surface area contributed by atoms with Crippen LogP contribution in [0.15, 0.2) is 90.0 Å². The normalized spacial score (nSPS) is 11.5. The molecular weight excluding hydrogens is 580 g/mol. The molecule has 0 aliphatic heterocycles. The van der Waals surface area contributed by atoms with E-state index in [1.807, 2.05) is 31.2 Å². The average Bonchev–Trinajstić information content (AvgIpc) is 3.34. The Kier molecular flexibility index (Phi) is 11.3. The summed E-state index contributed by atoms with van der Waals surface area (Å²) in [5.74, 6) is 1.18. The first-order valence-corrected chi connectivity index (χ1v) is 15.9. The van der Waals surface area contributed by atoms with Crippen molar-refractivity contribution in [3.05, 3.63) is 113 Å². The van der Waals surface area contributed by atoms with E-state index in [0.717, 1.165) is 17.0 Å². The predicted octanol–water partition coefficient (Wildman–Crippen LogP) is 7.35. The number of fused-ring (bicyclic) bond motifs is 1. The van der Waals surface area contributed by atoms with Crippen molar-refractivity contribution in [1.29, 1.82) is 0 Å². The molecule has 2 heterocycles. The van der Waals surface area contributed by atoms with E-state index in [2.05, 4.69) is 31.5 Å². The fraction of sp³-hybridized carbons (Fsp3) is 0.294. The van der Waals surface area contributed by atoms with Gasteiger partial charge in [-0.1, -0.05) is 80.4 Å². The van der Waals surface area contributed by atoms with Crippen LogP contribution < -0.4 is 5.73 Å². The lowest BCUT2D eigenvalue weighted by atomic mass is 9.97. The molecule has 5 rings (SSSR count). The summed E-state index contributed by atoms with van der Waals surface area (Å²) in [5, 5.41) is 11.1. The SMILES string of the molecule is CC(C)C.CN.Cc1ccc(S(=O)(=O)n2c(Cc3ccccc3Cl)nc3c(-c4cc(C(C)(C)O)ccn4)cccc32)cc1. The second-order valence-corrected chi connectivity index (χ2v) is 13.5. The molecule has 0 spiro atoms. The van der Waals surface area contributed by atoms with Gasteiger partial charge >= 0.3 is 0 Å². The van der Waals surface area contributed by atoms with E-state index in [-0.39, 0.29) is 11.3 Å². The molecule has 0 saturated heterocycles. The van der Waals surface area contributed by atoms with Crippen LogP contribution in [0.25, 0.3) is 22.3 Å². The van der Waals surface area contributed by atoms with Gasteiger partial charge in [-0.05, 0) is 81.3 Å². The number of para-hydroxylation sites is 1. The minimum Gasteiger partial charge on any atom is -0.386 e. The molecule has 228 valence electrons. The van der Waals surface area contributed by atoms with Crippen LogP contribution in [-0.4, -0.2) is 34.5 Å². The number of benzene rings is 3. The van der Waals surface area contributed by atoms with Crippen LogP contribution in [0.3, 0.4) is 0 Å². The van der Waals surface area contributed by atoms with Gasteiger partial charge in [-0.3, -0.25) is 4.98 Å². The number of hydrogen-bond donors (Lipinski definition) is 2. The maximum Gasteiger partial charge on any atom is 0.269 e. The van der Waals surface area contributed by atoms with Crippen LogP contribution in [0.5, 0.6) is 0 Å². The number of nitrogens with zero attached hydrogens (tertiary/aromatic N) is 3. The average molecular weight is 621 g/mol. The number of rotatable bonds is 6. The monoisotopic (exact) mass is 620 g/mol. The van der Waals surface area contributed by atoms with Gasteiger partial charge in [0.2, 0.25) is 0 Å². The van der Waals surface area contributed by atoms with E-state index in [4.69, 9.17) is 16.6 Å². The maximum absolute atomic E-state index is 14.0. The molecule has 0 bridgehead atoms. The molecule has 43 heavy (non-hydrogen) atoms. The van der Waals surface area contributed by atoms with E-state index in [9.17, 15) is 13.5 Å². The molecule has 0 unspecified atom stereocenters. The first kappa shape index (κ1) is 33.9. The summed E-state index contributed by atoms with van der Waals surface area (Å²) in [4.78, 5) is 9.53. The van der Waals surface area contributed by atoms with Crippen molar-refractivity contribution in [3.63, 3.8) is 0 Å². The van der Waals surface area contributed by atoms with Crippen molar-refractivity contribution < 1.29 is 13.5 Å². The molecule has 5 aromatic rings. The van der Waals surface area contributed by atoms with Gasteiger partial charge in [0.05, 0.1) is 27.2 Å².